The number of unbranched alkanes of at least 4 members (excludes halogenated alkanes) is 11. The first kappa shape index (κ1) is 23.1. The van der Waals surface area contributed by atoms with Crippen molar-refractivity contribution in [3.63, 3.8) is 0 Å². The zero-order valence-corrected chi connectivity index (χ0v) is 15.8. The van der Waals surface area contributed by atoms with E-state index >= 15 is 0 Å². The lowest BCUT2D eigenvalue weighted by molar-refractivity contribution is -0.242. The van der Waals surface area contributed by atoms with Gasteiger partial charge in [0.25, 0.3) is 0 Å². The molecule has 0 aliphatic carbocycles. The molecule has 0 bridgehead atoms. The summed E-state index contributed by atoms with van der Waals surface area (Å²) < 4.78 is 9.06. The van der Waals surface area contributed by atoms with Crippen LogP contribution in [0.15, 0.2) is 12.2 Å². The third kappa shape index (κ3) is 17.5. The Morgan fingerprint density at radius 1 is 0.875 bits per heavy atom. The number of allylic oxidation sites excluding steroid dienone is 2. The van der Waals surface area contributed by atoms with Gasteiger partial charge in [-0.3, -0.25) is 4.79 Å². The zero-order valence-electron chi connectivity index (χ0n) is 15.8. The molecule has 0 amide bonds. The molecule has 4 heteroatoms. The SMILES string of the molecule is CCCCCCCCC=CCCCCCCCC(=O)OC(O)OC. The van der Waals surface area contributed by atoms with Crippen LogP contribution in [0.5, 0.6) is 0 Å². The van der Waals surface area contributed by atoms with Gasteiger partial charge in [-0.05, 0) is 32.1 Å². The fraction of sp³-hybridized carbons (Fsp3) is 0.850. The summed E-state index contributed by atoms with van der Waals surface area (Å²) in [5.41, 5.74) is 0. The Labute approximate surface area is 148 Å². The fourth-order valence-corrected chi connectivity index (χ4v) is 2.56. The minimum absolute atomic E-state index is 0.346. The predicted octanol–water partition coefficient (Wildman–Crippen LogP) is 5.49. The second-order valence-corrected chi connectivity index (χ2v) is 6.37. The van der Waals surface area contributed by atoms with E-state index in [1.165, 1.54) is 64.9 Å². The highest BCUT2D eigenvalue weighted by molar-refractivity contribution is 5.69. The third-order valence-electron chi connectivity index (χ3n) is 4.08. The van der Waals surface area contributed by atoms with Crippen LogP contribution in [0.25, 0.3) is 0 Å². The fourth-order valence-electron chi connectivity index (χ4n) is 2.56. The van der Waals surface area contributed by atoms with Gasteiger partial charge in [0.1, 0.15) is 0 Å². The van der Waals surface area contributed by atoms with Crippen LogP contribution in [0.1, 0.15) is 96.8 Å². The Bertz CT molecular complexity index is 302. The summed E-state index contributed by atoms with van der Waals surface area (Å²) in [6.07, 6.45) is 21.0. The number of hydrogen-bond acceptors (Lipinski definition) is 4. The summed E-state index contributed by atoms with van der Waals surface area (Å²) in [7, 11) is 1.29. The number of carbonyl (C=O) groups is 1. The van der Waals surface area contributed by atoms with Crippen molar-refractivity contribution >= 4 is 5.97 Å². The van der Waals surface area contributed by atoms with Crippen molar-refractivity contribution < 1.29 is 19.4 Å². The zero-order chi connectivity index (χ0) is 17.9. The standard InChI is InChI=1S/C20H38O4/c1-3-4-5-6-7-8-9-10-11-12-13-14-15-16-17-18-19(21)24-20(22)23-2/h10-11,20,22H,3-9,12-18H2,1-2H3. The molecule has 0 rings (SSSR count). The Kier molecular flexibility index (Phi) is 17.8. The molecule has 0 aliphatic rings. The molecule has 24 heavy (non-hydrogen) atoms. The van der Waals surface area contributed by atoms with E-state index in [0.29, 0.717) is 6.42 Å². The lowest BCUT2D eigenvalue weighted by atomic mass is 10.1. The molecule has 142 valence electrons. The van der Waals surface area contributed by atoms with Crippen molar-refractivity contribution in [2.24, 2.45) is 0 Å². The van der Waals surface area contributed by atoms with Gasteiger partial charge in [0.2, 0.25) is 0 Å². The van der Waals surface area contributed by atoms with Gasteiger partial charge in [-0.15, -0.1) is 0 Å². The average molecular weight is 343 g/mol. The molecule has 0 aliphatic heterocycles. The molecule has 0 radical (unpaired) electrons. The minimum Gasteiger partial charge on any atom is -0.410 e. The van der Waals surface area contributed by atoms with Crippen LogP contribution in [0.4, 0.5) is 0 Å². The van der Waals surface area contributed by atoms with E-state index in [9.17, 15) is 4.79 Å². The van der Waals surface area contributed by atoms with Gasteiger partial charge in [-0.25, -0.2) is 0 Å². The highest BCUT2D eigenvalue weighted by Crippen LogP contribution is 2.10. The van der Waals surface area contributed by atoms with Crippen molar-refractivity contribution in [3.8, 4) is 0 Å². The molecule has 1 N–H and O–H groups in total. The number of aliphatic hydroxyl groups is 1. The first-order chi connectivity index (χ1) is 11.7. The van der Waals surface area contributed by atoms with Crippen LogP contribution in [-0.2, 0) is 14.3 Å². The number of esters is 1. The molecule has 0 saturated carbocycles. The lowest BCUT2D eigenvalue weighted by Crippen LogP contribution is -2.18. The Morgan fingerprint density at radius 2 is 1.38 bits per heavy atom. The molecule has 4 nitrogen and oxygen atoms in total. The number of ether oxygens (including phenoxy) is 2. The molecule has 0 heterocycles. The molecule has 0 saturated heterocycles. The number of hydrogen-bond donors (Lipinski definition) is 1. The molecule has 0 aromatic heterocycles. The Balaban J connectivity index is 3.22. The van der Waals surface area contributed by atoms with E-state index in [4.69, 9.17) is 5.11 Å². The predicted molar refractivity (Wildman–Crippen MR) is 98.6 cm³/mol. The van der Waals surface area contributed by atoms with Gasteiger partial charge < -0.3 is 14.6 Å². The second-order valence-electron chi connectivity index (χ2n) is 6.37. The summed E-state index contributed by atoms with van der Waals surface area (Å²) in [6.45, 7) is 0.825. The van der Waals surface area contributed by atoms with E-state index in [2.05, 4.69) is 28.5 Å². The molecule has 0 spiro atoms. The largest absolute Gasteiger partial charge is 0.410 e. The maximum Gasteiger partial charge on any atom is 0.315 e. The van der Waals surface area contributed by atoms with E-state index in [-0.39, 0.29) is 0 Å². The Hall–Kier alpha value is -0.870. The van der Waals surface area contributed by atoms with Crippen LogP contribution in [0.3, 0.4) is 0 Å². The maximum absolute atomic E-state index is 11.3. The first-order valence-corrected chi connectivity index (χ1v) is 9.76. The van der Waals surface area contributed by atoms with Crippen molar-refractivity contribution in [2.75, 3.05) is 7.11 Å². The second kappa shape index (κ2) is 18.5. The highest BCUT2D eigenvalue weighted by Gasteiger charge is 2.08. The van der Waals surface area contributed by atoms with Gasteiger partial charge >= 0.3 is 12.4 Å². The number of rotatable bonds is 17. The van der Waals surface area contributed by atoms with Crippen LogP contribution >= 0.6 is 0 Å². The van der Waals surface area contributed by atoms with Crippen LogP contribution < -0.4 is 0 Å². The monoisotopic (exact) mass is 342 g/mol. The topological polar surface area (TPSA) is 55.8 Å². The van der Waals surface area contributed by atoms with E-state index in [1.54, 1.807) is 0 Å². The maximum atomic E-state index is 11.3. The molecule has 0 aromatic carbocycles. The minimum atomic E-state index is -1.43. The van der Waals surface area contributed by atoms with E-state index in [0.717, 1.165) is 25.7 Å². The van der Waals surface area contributed by atoms with Crippen LogP contribution in [0.2, 0.25) is 0 Å². The van der Waals surface area contributed by atoms with Gasteiger partial charge in [-0.2, -0.15) is 0 Å². The lowest BCUT2D eigenvalue weighted by Gasteiger charge is -2.09. The van der Waals surface area contributed by atoms with Gasteiger partial charge in [0, 0.05) is 13.5 Å². The number of methoxy groups -OCH3 is 1. The van der Waals surface area contributed by atoms with Crippen molar-refractivity contribution in [3.05, 3.63) is 12.2 Å². The Morgan fingerprint density at radius 3 is 1.92 bits per heavy atom. The van der Waals surface area contributed by atoms with E-state index in [1.807, 2.05) is 0 Å². The molecule has 0 aromatic rings. The molecular weight excluding hydrogens is 304 g/mol. The molecule has 1 unspecified atom stereocenters. The summed E-state index contributed by atoms with van der Waals surface area (Å²) >= 11 is 0. The van der Waals surface area contributed by atoms with Gasteiger partial charge in [0.05, 0.1) is 0 Å². The van der Waals surface area contributed by atoms with Gasteiger partial charge in [-0.1, -0.05) is 70.4 Å². The van der Waals surface area contributed by atoms with Crippen molar-refractivity contribution in [1.82, 2.24) is 0 Å². The van der Waals surface area contributed by atoms with Crippen LogP contribution in [0, 0.1) is 0 Å². The highest BCUT2D eigenvalue weighted by atomic mass is 16.8. The first-order valence-electron chi connectivity index (χ1n) is 9.76. The summed E-state index contributed by atoms with van der Waals surface area (Å²) in [5.74, 6) is -0.401. The molecule has 0 fully saturated rings. The number of carbonyl (C=O) groups excluding carboxylic acids is 1. The quantitative estimate of drug-likeness (QED) is 0.164. The summed E-state index contributed by atoms with van der Waals surface area (Å²) in [5, 5.41) is 8.98. The van der Waals surface area contributed by atoms with Crippen molar-refractivity contribution in [2.45, 2.75) is 103 Å². The summed E-state index contributed by atoms with van der Waals surface area (Å²) in [6, 6.07) is 0. The van der Waals surface area contributed by atoms with E-state index < -0.39 is 12.4 Å². The van der Waals surface area contributed by atoms with Crippen LogP contribution in [-0.4, -0.2) is 24.7 Å². The normalized spacial score (nSPS) is 12.6. The van der Waals surface area contributed by atoms with Gasteiger partial charge in [0.15, 0.2) is 0 Å². The molecular formula is C20H38O4. The average Bonchev–Trinajstić information content (AvgIpc) is 2.58. The molecule has 1 atom stereocenters. The summed E-state index contributed by atoms with van der Waals surface area (Å²) in [4.78, 5) is 11.3. The van der Waals surface area contributed by atoms with Crippen molar-refractivity contribution in [1.29, 1.82) is 0 Å². The third-order valence-corrected chi connectivity index (χ3v) is 4.08. The smallest absolute Gasteiger partial charge is 0.315 e. The number of aliphatic hydroxyl groups excluding tert-OH is 1.